The highest BCUT2D eigenvalue weighted by atomic mass is 35.5. The predicted molar refractivity (Wildman–Crippen MR) is 58.2 cm³/mol. The molecule has 0 aliphatic carbocycles. The fraction of sp³-hybridized carbons (Fsp3) is 0.333. The van der Waals surface area contributed by atoms with Gasteiger partial charge in [-0.25, -0.2) is 4.39 Å². The number of halogens is 7. The van der Waals surface area contributed by atoms with Crippen LogP contribution in [-0.2, 0) is 0 Å². The molecule has 1 aromatic carbocycles. The van der Waals surface area contributed by atoms with E-state index in [0.29, 0.717) is 12.1 Å². The fourth-order valence-electron chi connectivity index (χ4n) is 1.31. The molecule has 2 N–H and O–H groups in total. The molecular weight excluding hydrogens is 318 g/mol. The summed E-state index contributed by atoms with van der Waals surface area (Å²) in [6.45, 7) is 0. The summed E-state index contributed by atoms with van der Waals surface area (Å²) in [5.74, 6) is -6.64. The van der Waals surface area contributed by atoms with Crippen molar-refractivity contribution in [2.24, 2.45) is 5.73 Å². The van der Waals surface area contributed by atoms with Crippen LogP contribution in [0.2, 0.25) is 0 Å². The number of alkyl halides is 5. The summed E-state index contributed by atoms with van der Waals surface area (Å²) in [6.07, 6.45) is -6.01. The first-order chi connectivity index (χ1) is 8.48. The molecule has 0 unspecified atom stereocenters. The molecule has 0 fully saturated rings. The Hall–Kier alpha value is -1.55. The average Bonchev–Trinajstić information content (AvgIpc) is 2.25. The molecule has 0 saturated heterocycles. The zero-order chi connectivity index (χ0) is 15.0. The minimum atomic E-state index is -6.01. The van der Waals surface area contributed by atoms with Crippen LogP contribution in [0.4, 0.5) is 32.0 Å². The second-order valence-corrected chi connectivity index (χ2v) is 3.56. The van der Waals surface area contributed by atoms with Crippen molar-refractivity contribution in [2.45, 2.75) is 18.1 Å². The van der Waals surface area contributed by atoms with E-state index in [0.717, 1.165) is 0 Å². The third-order valence-electron chi connectivity index (χ3n) is 2.29. The molecule has 20 heavy (non-hydrogen) atoms. The summed E-state index contributed by atoms with van der Waals surface area (Å²) in [6, 6.07) is -1.87. The van der Waals surface area contributed by atoms with E-state index in [2.05, 4.69) is 0 Å². The van der Waals surface area contributed by atoms with Gasteiger partial charge in [0.15, 0.2) is 0 Å². The number of nitro groups is 1. The van der Waals surface area contributed by atoms with Gasteiger partial charge >= 0.3 is 12.1 Å². The number of nitrogens with zero attached hydrogens (tertiary/aromatic N) is 1. The molecule has 0 radical (unpaired) electrons. The van der Waals surface area contributed by atoms with Gasteiger partial charge in [0.2, 0.25) is 0 Å². The number of benzene rings is 1. The molecule has 0 spiro atoms. The highest BCUT2D eigenvalue weighted by Crippen LogP contribution is 2.45. The smallest absolute Gasteiger partial charge is 0.318 e. The lowest BCUT2D eigenvalue weighted by molar-refractivity contribution is -0.386. The van der Waals surface area contributed by atoms with Gasteiger partial charge < -0.3 is 5.73 Å². The van der Waals surface area contributed by atoms with E-state index in [-0.39, 0.29) is 18.5 Å². The van der Waals surface area contributed by atoms with Gasteiger partial charge in [-0.2, -0.15) is 22.0 Å². The van der Waals surface area contributed by atoms with E-state index < -0.39 is 40.1 Å². The third kappa shape index (κ3) is 3.31. The standard InChI is InChI=1S/C9H6F6N2O2.ClH/c10-4-1-2-6(17(18)19)5(3-4)7(16)8(11,12)9(13,14)15;/h1-3,7H,16H2;1H/t7-;/m1./s1. The molecule has 0 amide bonds. The molecule has 0 aliphatic rings. The molecular formula is C9H7ClF6N2O2. The van der Waals surface area contributed by atoms with Crippen LogP contribution in [0.1, 0.15) is 11.6 Å². The largest absolute Gasteiger partial charge is 0.455 e. The van der Waals surface area contributed by atoms with Crippen molar-refractivity contribution in [3.05, 3.63) is 39.7 Å². The zero-order valence-corrected chi connectivity index (χ0v) is 10.1. The Balaban J connectivity index is 0.00000361. The molecule has 0 aromatic heterocycles. The normalized spacial score (nSPS) is 13.6. The van der Waals surface area contributed by atoms with Gasteiger partial charge in [-0.1, -0.05) is 0 Å². The van der Waals surface area contributed by atoms with Crippen molar-refractivity contribution >= 4 is 18.1 Å². The number of hydrogen-bond donors (Lipinski definition) is 1. The Morgan fingerprint density at radius 1 is 1.20 bits per heavy atom. The minimum Gasteiger partial charge on any atom is -0.318 e. The van der Waals surface area contributed by atoms with Crippen LogP contribution in [0.15, 0.2) is 18.2 Å². The summed E-state index contributed by atoms with van der Waals surface area (Å²) < 4.78 is 75.2. The van der Waals surface area contributed by atoms with Gasteiger partial charge in [-0.3, -0.25) is 10.1 Å². The van der Waals surface area contributed by atoms with Gasteiger partial charge in [0.25, 0.3) is 5.69 Å². The molecule has 1 atom stereocenters. The highest BCUT2D eigenvalue weighted by Gasteiger charge is 2.62. The highest BCUT2D eigenvalue weighted by molar-refractivity contribution is 5.85. The zero-order valence-electron chi connectivity index (χ0n) is 9.33. The van der Waals surface area contributed by atoms with Crippen LogP contribution in [0.3, 0.4) is 0 Å². The van der Waals surface area contributed by atoms with Crippen molar-refractivity contribution in [3.8, 4) is 0 Å². The molecule has 1 rings (SSSR count). The van der Waals surface area contributed by atoms with Crippen LogP contribution >= 0.6 is 12.4 Å². The van der Waals surface area contributed by atoms with Gasteiger partial charge in [0, 0.05) is 6.07 Å². The molecule has 11 heteroatoms. The van der Waals surface area contributed by atoms with Gasteiger partial charge in [0.1, 0.15) is 11.9 Å². The molecule has 0 bridgehead atoms. The number of rotatable bonds is 3. The second-order valence-electron chi connectivity index (χ2n) is 3.56. The van der Waals surface area contributed by atoms with E-state index in [1.165, 1.54) is 0 Å². The van der Waals surface area contributed by atoms with Crippen LogP contribution in [0.5, 0.6) is 0 Å². The van der Waals surface area contributed by atoms with Gasteiger partial charge in [0.05, 0.1) is 10.5 Å². The number of hydrogen-bond acceptors (Lipinski definition) is 3. The second kappa shape index (κ2) is 5.83. The summed E-state index contributed by atoms with van der Waals surface area (Å²) in [7, 11) is 0. The maximum atomic E-state index is 13.0. The van der Waals surface area contributed by atoms with E-state index in [1.807, 2.05) is 0 Å². The third-order valence-corrected chi connectivity index (χ3v) is 2.29. The molecule has 0 heterocycles. The fourth-order valence-corrected chi connectivity index (χ4v) is 1.31. The first-order valence-corrected chi connectivity index (χ1v) is 4.62. The van der Waals surface area contributed by atoms with Crippen molar-refractivity contribution in [1.82, 2.24) is 0 Å². The summed E-state index contributed by atoms with van der Waals surface area (Å²) in [4.78, 5) is 9.29. The molecule has 114 valence electrons. The molecule has 0 saturated carbocycles. The van der Waals surface area contributed by atoms with E-state index >= 15 is 0 Å². The number of nitro benzene ring substituents is 1. The summed E-state index contributed by atoms with van der Waals surface area (Å²) in [5.41, 5.74) is 2.38. The van der Waals surface area contributed by atoms with E-state index in [9.17, 15) is 36.5 Å². The first kappa shape index (κ1) is 18.4. The monoisotopic (exact) mass is 324 g/mol. The molecule has 1 aromatic rings. The first-order valence-electron chi connectivity index (χ1n) is 4.62. The minimum absolute atomic E-state index is 0. The molecule has 0 aliphatic heterocycles. The topological polar surface area (TPSA) is 69.2 Å². The lowest BCUT2D eigenvalue weighted by atomic mass is 9.99. The van der Waals surface area contributed by atoms with Gasteiger partial charge in [-0.05, 0) is 12.1 Å². The summed E-state index contributed by atoms with van der Waals surface area (Å²) in [5, 5.41) is 10.5. The maximum Gasteiger partial charge on any atom is 0.455 e. The van der Waals surface area contributed by atoms with Crippen molar-refractivity contribution in [1.29, 1.82) is 0 Å². The lowest BCUT2D eigenvalue weighted by Crippen LogP contribution is -2.46. The Morgan fingerprint density at radius 2 is 1.70 bits per heavy atom. The summed E-state index contributed by atoms with van der Waals surface area (Å²) >= 11 is 0. The van der Waals surface area contributed by atoms with Gasteiger partial charge in [-0.15, -0.1) is 12.4 Å². The predicted octanol–water partition coefficient (Wildman–Crippen LogP) is 3.35. The van der Waals surface area contributed by atoms with E-state index in [4.69, 9.17) is 5.73 Å². The Bertz CT molecular complexity index is 508. The molecule has 4 nitrogen and oxygen atoms in total. The Morgan fingerprint density at radius 3 is 2.10 bits per heavy atom. The van der Waals surface area contributed by atoms with Crippen LogP contribution in [-0.4, -0.2) is 17.0 Å². The number of nitrogens with two attached hydrogens (primary N) is 1. The quantitative estimate of drug-likeness (QED) is 0.526. The van der Waals surface area contributed by atoms with Crippen molar-refractivity contribution in [2.75, 3.05) is 0 Å². The maximum absolute atomic E-state index is 13.0. The lowest BCUT2D eigenvalue weighted by Gasteiger charge is -2.25. The van der Waals surface area contributed by atoms with Crippen LogP contribution < -0.4 is 5.73 Å². The average molecular weight is 325 g/mol. The van der Waals surface area contributed by atoms with E-state index in [1.54, 1.807) is 0 Å². The SMILES string of the molecule is Cl.N[C@H](c1cc(F)ccc1[N+](=O)[O-])C(F)(F)C(F)(F)F. The van der Waals surface area contributed by atoms with Crippen LogP contribution in [0, 0.1) is 15.9 Å². The van der Waals surface area contributed by atoms with Crippen molar-refractivity contribution < 1.29 is 31.3 Å². The Labute approximate surface area is 114 Å². The Kier molecular flexibility index (Phi) is 5.38. The van der Waals surface area contributed by atoms with Crippen molar-refractivity contribution in [3.63, 3.8) is 0 Å². The van der Waals surface area contributed by atoms with Crippen LogP contribution in [0.25, 0.3) is 0 Å².